The number of carboxylic acid groups (broad SMARTS) is 1. The first-order valence-electron chi connectivity index (χ1n) is 6.27. The summed E-state index contributed by atoms with van der Waals surface area (Å²) in [5.74, 6) is -0.540. The lowest BCUT2D eigenvalue weighted by Crippen LogP contribution is -2.11. The molecule has 0 radical (unpaired) electrons. The number of carboxylic acids is 1. The van der Waals surface area contributed by atoms with Crippen LogP contribution in [0.4, 0.5) is 0 Å². The van der Waals surface area contributed by atoms with Gasteiger partial charge in [0.25, 0.3) is 0 Å². The summed E-state index contributed by atoms with van der Waals surface area (Å²) in [6.07, 6.45) is 1.19. The third-order valence-electron chi connectivity index (χ3n) is 2.32. The predicted molar refractivity (Wildman–Crippen MR) is 68.8 cm³/mol. The second-order valence-electron chi connectivity index (χ2n) is 3.88. The average Bonchev–Trinajstić information content (AvgIpc) is 2.90. The first-order chi connectivity index (χ1) is 9.74. The lowest BCUT2D eigenvalue weighted by Gasteiger charge is -2.05. The number of carbonyl (C=O) groups is 1. The van der Waals surface area contributed by atoms with Crippen LogP contribution in [0.25, 0.3) is 0 Å². The molecule has 1 N–H and O–H groups in total. The van der Waals surface area contributed by atoms with E-state index < -0.39 is 5.97 Å². The highest BCUT2D eigenvalue weighted by Crippen LogP contribution is 2.08. The number of ether oxygens (including phenoxy) is 4. The van der Waals surface area contributed by atoms with Crippen molar-refractivity contribution in [3.63, 3.8) is 0 Å². The Morgan fingerprint density at radius 3 is 2.25 bits per heavy atom. The number of furan rings is 1. The Hall–Kier alpha value is -1.41. The third-order valence-corrected chi connectivity index (χ3v) is 2.32. The van der Waals surface area contributed by atoms with Gasteiger partial charge in [0.2, 0.25) is 0 Å². The van der Waals surface area contributed by atoms with Crippen LogP contribution in [-0.4, -0.2) is 57.8 Å². The highest BCUT2D eigenvalue weighted by Gasteiger charge is 2.07. The molecule has 0 saturated carbocycles. The van der Waals surface area contributed by atoms with E-state index in [2.05, 4.69) is 0 Å². The SMILES string of the molecule is COCCOCCOCCOCc1cc(C(=O)O)co1. The van der Waals surface area contributed by atoms with Gasteiger partial charge in [0.05, 0.1) is 45.2 Å². The first kappa shape index (κ1) is 16.6. The molecule has 1 rings (SSSR count). The van der Waals surface area contributed by atoms with Gasteiger partial charge in [0.15, 0.2) is 0 Å². The summed E-state index contributed by atoms with van der Waals surface area (Å²) in [5, 5.41) is 8.70. The zero-order valence-electron chi connectivity index (χ0n) is 11.5. The van der Waals surface area contributed by atoms with E-state index in [1.165, 1.54) is 12.3 Å². The van der Waals surface area contributed by atoms with E-state index in [0.717, 1.165) is 0 Å². The molecule has 0 atom stereocenters. The lowest BCUT2D eigenvalue weighted by atomic mass is 10.3. The van der Waals surface area contributed by atoms with Crippen LogP contribution >= 0.6 is 0 Å². The zero-order chi connectivity index (χ0) is 14.6. The quantitative estimate of drug-likeness (QED) is 0.578. The van der Waals surface area contributed by atoms with Crippen molar-refractivity contribution in [2.24, 2.45) is 0 Å². The Bertz CT molecular complexity index is 375. The van der Waals surface area contributed by atoms with Crippen LogP contribution in [0.2, 0.25) is 0 Å². The smallest absolute Gasteiger partial charge is 0.338 e. The molecule has 7 nitrogen and oxygen atoms in total. The van der Waals surface area contributed by atoms with E-state index in [1.807, 2.05) is 0 Å². The van der Waals surface area contributed by atoms with E-state index in [9.17, 15) is 4.79 Å². The Kier molecular flexibility index (Phi) is 8.64. The van der Waals surface area contributed by atoms with Crippen molar-refractivity contribution in [1.29, 1.82) is 0 Å². The molecule has 20 heavy (non-hydrogen) atoms. The summed E-state index contributed by atoms with van der Waals surface area (Å²) in [6, 6.07) is 1.44. The van der Waals surface area contributed by atoms with Crippen molar-refractivity contribution in [2.75, 3.05) is 46.8 Å². The van der Waals surface area contributed by atoms with Crippen LogP contribution in [0.15, 0.2) is 16.7 Å². The number of aromatic carboxylic acids is 1. The highest BCUT2D eigenvalue weighted by atomic mass is 16.6. The maximum atomic E-state index is 10.6. The molecule has 7 heteroatoms. The van der Waals surface area contributed by atoms with Crippen molar-refractivity contribution in [1.82, 2.24) is 0 Å². The summed E-state index contributed by atoms with van der Waals surface area (Å²) in [4.78, 5) is 10.6. The summed E-state index contributed by atoms with van der Waals surface area (Å²) in [6.45, 7) is 3.22. The maximum absolute atomic E-state index is 10.6. The molecule has 1 aromatic heterocycles. The summed E-state index contributed by atoms with van der Waals surface area (Å²) < 4.78 is 25.6. The van der Waals surface area contributed by atoms with E-state index in [4.69, 9.17) is 28.5 Å². The zero-order valence-corrected chi connectivity index (χ0v) is 11.5. The molecule has 114 valence electrons. The minimum Gasteiger partial charge on any atom is -0.478 e. The van der Waals surface area contributed by atoms with Gasteiger partial charge in [-0.1, -0.05) is 0 Å². The minimum absolute atomic E-state index is 0.119. The van der Waals surface area contributed by atoms with E-state index in [-0.39, 0.29) is 12.2 Å². The number of methoxy groups -OCH3 is 1. The number of hydrogen-bond donors (Lipinski definition) is 1. The van der Waals surface area contributed by atoms with Crippen molar-refractivity contribution in [3.05, 3.63) is 23.7 Å². The summed E-state index contributed by atoms with van der Waals surface area (Å²) in [5.41, 5.74) is 0.119. The predicted octanol–water partition coefficient (Wildman–Crippen LogP) is 1.17. The molecule has 0 amide bonds. The van der Waals surface area contributed by atoms with E-state index >= 15 is 0 Å². The normalized spacial score (nSPS) is 10.8. The van der Waals surface area contributed by atoms with Crippen LogP contribution in [0.5, 0.6) is 0 Å². The second-order valence-corrected chi connectivity index (χ2v) is 3.88. The van der Waals surface area contributed by atoms with Gasteiger partial charge in [-0.25, -0.2) is 4.79 Å². The van der Waals surface area contributed by atoms with Crippen LogP contribution in [-0.2, 0) is 25.6 Å². The maximum Gasteiger partial charge on any atom is 0.338 e. The van der Waals surface area contributed by atoms with Crippen molar-refractivity contribution in [2.45, 2.75) is 6.61 Å². The van der Waals surface area contributed by atoms with E-state index in [1.54, 1.807) is 7.11 Å². The van der Waals surface area contributed by atoms with Gasteiger partial charge in [-0.2, -0.15) is 0 Å². The molecular weight excluding hydrogens is 268 g/mol. The van der Waals surface area contributed by atoms with Gasteiger partial charge >= 0.3 is 5.97 Å². The van der Waals surface area contributed by atoms with Crippen molar-refractivity contribution >= 4 is 5.97 Å². The Morgan fingerprint density at radius 1 is 1.10 bits per heavy atom. The van der Waals surface area contributed by atoms with E-state index in [0.29, 0.717) is 45.4 Å². The Labute approximate surface area is 117 Å². The molecule has 0 spiro atoms. The molecule has 0 fully saturated rings. The fourth-order valence-electron chi connectivity index (χ4n) is 1.32. The second kappa shape index (κ2) is 10.4. The van der Waals surface area contributed by atoms with Gasteiger partial charge in [0, 0.05) is 7.11 Å². The molecule has 0 aliphatic heterocycles. The van der Waals surface area contributed by atoms with Gasteiger partial charge in [-0.3, -0.25) is 0 Å². The standard InChI is InChI=1S/C13H20O7/c1-16-2-3-17-4-5-18-6-7-19-10-12-8-11(9-20-12)13(14)15/h8-9H,2-7,10H2,1H3,(H,14,15). The Morgan fingerprint density at radius 2 is 1.70 bits per heavy atom. The van der Waals surface area contributed by atoms with Crippen LogP contribution in [0, 0.1) is 0 Å². The molecule has 0 unspecified atom stereocenters. The molecular formula is C13H20O7. The first-order valence-corrected chi connectivity index (χ1v) is 6.27. The largest absolute Gasteiger partial charge is 0.478 e. The molecule has 0 bridgehead atoms. The molecule has 0 aliphatic rings. The summed E-state index contributed by atoms with van der Waals surface area (Å²) in [7, 11) is 1.62. The Balaban J connectivity index is 1.93. The molecule has 1 heterocycles. The van der Waals surface area contributed by atoms with Gasteiger partial charge in [0.1, 0.15) is 18.6 Å². The van der Waals surface area contributed by atoms with Crippen LogP contribution in [0.3, 0.4) is 0 Å². The highest BCUT2D eigenvalue weighted by molar-refractivity contribution is 5.87. The molecule has 0 aromatic carbocycles. The van der Waals surface area contributed by atoms with Gasteiger partial charge in [-0.15, -0.1) is 0 Å². The summed E-state index contributed by atoms with van der Waals surface area (Å²) >= 11 is 0. The fourth-order valence-corrected chi connectivity index (χ4v) is 1.32. The topological polar surface area (TPSA) is 87.4 Å². The molecule has 1 aromatic rings. The minimum atomic E-state index is -1.02. The molecule has 0 aliphatic carbocycles. The van der Waals surface area contributed by atoms with Crippen LogP contribution in [0.1, 0.15) is 16.1 Å². The fraction of sp³-hybridized carbons (Fsp3) is 0.615. The number of hydrogen-bond acceptors (Lipinski definition) is 6. The lowest BCUT2D eigenvalue weighted by molar-refractivity contribution is -0.00125. The van der Waals surface area contributed by atoms with Crippen molar-refractivity contribution < 1.29 is 33.3 Å². The monoisotopic (exact) mass is 288 g/mol. The molecule has 0 saturated heterocycles. The van der Waals surface area contributed by atoms with Crippen molar-refractivity contribution in [3.8, 4) is 0 Å². The number of rotatable bonds is 12. The van der Waals surface area contributed by atoms with Gasteiger partial charge in [-0.05, 0) is 6.07 Å². The third kappa shape index (κ3) is 7.25. The van der Waals surface area contributed by atoms with Crippen LogP contribution < -0.4 is 0 Å². The average molecular weight is 288 g/mol. The van der Waals surface area contributed by atoms with Gasteiger partial charge < -0.3 is 28.5 Å².